The molecule has 0 spiro atoms. The molecule has 1 unspecified atom stereocenters. The second-order valence-corrected chi connectivity index (χ2v) is 3.91. The molecule has 1 aromatic carbocycles. The molecule has 0 fully saturated rings. The van der Waals surface area contributed by atoms with E-state index in [2.05, 4.69) is 11.4 Å². The average Bonchev–Trinajstić information content (AvgIpc) is 2.26. The fourth-order valence-corrected chi connectivity index (χ4v) is 1.76. The molecule has 1 N–H and O–H groups in total. The quantitative estimate of drug-likeness (QED) is 0.849. The third-order valence-electron chi connectivity index (χ3n) is 2.39. The molecule has 0 amide bonds. The highest BCUT2D eigenvalue weighted by Crippen LogP contribution is 2.22. The van der Waals surface area contributed by atoms with Crippen LogP contribution in [0.25, 0.3) is 0 Å². The second kappa shape index (κ2) is 5.75. The highest BCUT2D eigenvalue weighted by molar-refractivity contribution is 6.31. The number of nitriles is 1. The smallest absolute Gasteiger partial charge is 0.0954 e. The number of rotatable bonds is 4. The molecule has 0 radical (unpaired) electrons. The lowest BCUT2D eigenvalue weighted by atomic mass is 10.1. The predicted octanol–water partition coefficient (Wildman–Crippen LogP) is 3.29. The summed E-state index contributed by atoms with van der Waals surface area (Å²) in [4.78, 5) is 0. The van der Waals surface area contributed by atoms with Crippen molar-refractivity contribution in [1.82, 2.24) is 5.32 Å². The van der Waals surface area contributed by atoms with Crippen LogP contribution in [0.2, 0.25) is 5.02 Å². The van der Waals surface area contributed by atoms with Gasteiger partial charge in [0.05, 0.1) is 12.1 Å². The van der Waals surface area contributed by atoms with Crippen LogP contribution < -0.4 is 5.32 Å². The number of hydrogen-bond acceptors (Lipinski definition) is 2. The molecule has 15 heavy (non-hydrogen) atoms. The molecular weight excluding hydrogens is 208 g/mol. The van der Waals surface area contributed by atoms with Gasteiger partial charge in [-0.3, -0.25) is 5.32 Å². The van der Waals surface area contributed by atoms with Gasteiger partial charge in [-0.25, -0.2) is 0 Å². The van der Waals surface area contributed by atoms with Crippen LogP contribution >= 0.6 is 11.6 Å². The lowest BCUT2D eigenvalue weighted by molar-refractivity contribution is 0.509. The third-order valence-corrected chi connectivity index (χ3v) is 2.73. The van der Waals surface area contributed by atoms with Crippen molar-refractivity contribution in [3.8, 4) is 6.07 Å². The van der Waals surface area contributed by atoms with Gasteiger partial charge in [-0.2, -0.15) is 5.26 Å². The van der Waals surface area contributed by atoms with E-state index < -0.39 is 0 Å². The van der Waals surface area contributed by atoms with Gasteiger partial charge in [0.1, 0.15) is 0 Å². The largest absolute Gasteiger partial charge is 0.295 e. The van der Waals surface area contributed by atoms with E-state index in [0.717, 1.165) is 17.0 Å². The maximum atomic E-state index is 8.85. The van der Waals surface area contributed by atoms with Crippen LogP contribution in [0.15, 0.2) is 24.3 Å². The highest BCUT2D eigenvalue weighted by Gasteiger charge is 2.12. The van der Waals surface area contributed by atoms with Crippen LogP contribution in [-0.4, -0.2) is 6.04 Å². The van der Waals surface area contributed by atoms with Gasteiger partial charge in [-0.15, -0.1) is 0 Å². The van der Waals surface area contributed by atoms with Crippen LogP contribution in [0.4, 0.5) is 0 Å². The van der Waals surface area contributed by atoms with E-state index in [9.17, 15) is 0 Å². The minimum Gasteiger partial charge on any atom is -0.295 e. The summed E-state index contributed by atoms with van der Waals surface area (Å²) in [7, 11) is 0. The molecule has 0 aliphatic heterocycles. The molecule has 0 aliphatic rings. The summed E-state index contributed by atoms with van der Waals surface area (Å²) in [5, 5.41) is 12.8. The Labute approximate surface area is 95.9 Å². The van der Waals surface area contributed by atoms with E-state index >= 15 is 0 Å². The van der Waals surface area contributed by atoms with Gasteiger partial charge in [0.2, 0.25) is 0 Å². The molecule has 0 heterocycles. The van der Waals surface area contributed by atoms with Crippen molar-refractivity contribution in [2.45, 2.75) is 32.4 Å². The van der Waals surface area contributed by atoms with Crippen LogP contribution in [0.1, 0.15) is 31.9 Å². The Morgan fingerprint density at radius 1 is 1.47 bits per heavy atom. The predicted molar refractivity (Wildman–Crippen MR) is 62.7 cm³/mol. The first-order valence-electron chi connectivity index (χ1n) is 5.09. The zero-order valence-electron chi connectivity index (χ0n) is 9.00. The molecular formula is C12H15ClN2. The van der Waals surface area contributed by atoms with Gasteiger partial charge in [-0.1, -0.05) is 36.7 Å². The van der Waals surface area contributed by atoms with Crippen LogP contribution in [0, 0.1) is 11.3 Å². The molecule has 1 rings (SSSR count). The maximum Gasteiger partial charge on any atom is 0.0954 e. The summed E-state index contributed by atoms with van der Waals surface area (Å²) in [5.74, 6) is 0. The molecule has 0 saturated carbocycles. The summed E-state index contributed by atoms with van der Waals surface area (Å²) in [6.45, 7) is 4.00. The lowest BCUT2D eigenvalue weighted by Gasteiger charge is -2.18. The summed E-state index contributed by atoms with van der Waals surface area (Å²) in [6, 6.07) is 9.90. The second-order valence-electron chi connectivity index (χ2n) is 3.50. The van der Waals surface area contributed by atoms with Gasteiger partial charge in [0.15, 0.2) is 0 Å². The zero-order chi connectivity index (χ0) is 11.3. The Hall–Kier alpha value is -1.04. The summed E-state index contributed by atoms with van der Waals surface area (Å²) in [6.07, 6.45) is 0.797. The van der Waals surface area contributed by atoms with Crippen molar-refractivity contribution in [1.29, 1.82) is 5.26 Å². The van der Waals surface area contributed by atoms with Crippen molar-refractivity contribution in [3.63, 3.8) is 0 Å². The summed E-state index contributed by atoms with van der Waals surface area (Å²) in [5.41, 5.74) is 1.04. The molecule has 1 aromatic rings. The molecule has 2 nitrogen and oxygen atoms in total. The number of halogens is 1. The third kappa shape index (κ3) is 3.23. The maximum absolute atomic E-state index is 8.85. The summed E-state index contributed by atoms with van der Waals surface area (Å²) >= 11 is 6.07. The van der Waals surface area contributed by atoms with Crippen molar-refractivity contribution in [2.75, 3.05) is 0 Å². The van der Waals surface area contributed by atoms with E-state index in [1.54, 1.807) is 0 Å². The fourth-order valence-electron chi connectivity index (χ4n) is 1.46. The van der Waals surface area contributed by atoms with Crippen molar-refractivity contribution >= 4 is 11.6 Å². The Morgan fingerprint density at radius 2 is 2.13 bits per heavy atom. The SMILES string of the molecule is CCC(C#N)N[C@@H](C)c1ccccc1Cl. The number of hydrogen-bond donors (Lipinski definition) is 1. The molecule has 0 bridgehead atoms. The highest BCUT2D eigenvalue weighted by atomic mass is 35.5. The van der Waals surface area contributed by atoms with Crippen LogP contribution in [-0.2, 0) is 0 Å². The van der Waals surface area contributed by atoms with E-state index in [4.69, 9.17) is 16.9 Å². The Balaban J connectivity index is 2.73. The first-order valence-corrected chi connectivity index (χ1v) is 5.47. The van der Waals surface area contributed by atoms with Crippen LogP contribution in [0.3, 0.4) is 0 Å². The number of nitrogens with one attached hydrogen (secondary N) is 1. The van der Waals surface area contributed by atoms with Gasteiger partial charge in [-0.05, 0) is 25.0 Å². The molecule has 0 aromatic heterocycles. The minimum atomic E-state index is -0.115. The van der Waals surface area contributed by atoms with Crippen LogP contribution in [0.5, 0.6) is 0 Å². The first kappa shape index (κ1) is 12.0. The normalized spacial score (nSPS) is 14.3. The number of benzene rings is 1. The van der Waals surface area contributed by atoms with Gasteiger partial charge >= 0.3 is 0 Å². The van der Waals surface area contributed by atoms with Gasteiger partial charge in [0, 0.05) is 11.1 Å². The molecule has 3 heteroatoms. The van der Waals surface area contributed by atoms with E-state index in [-0.39, 0.29) is 12.1 Å². The van der Waals surface area contributed by atoms with Gasteiger partial charge < -0.3 is 0 Å². The monoisotopic (exact) mass is 222 g/mol. The van der Waals surface area contributed by atoms with Gasteiger partial charge in [0.25, 0.3) is 0 Å². The van der Waals surface area contributed by atoms with E-state index in [1.165, 1.54) is 0 Å². The topological polar surface area (TPSA) is 35.8 Å². The standard InChI is InChI=1S/C12H15ClN2/c1-3-10(8-14)15-9(2)11-6-4-5-7-12(11)13/h4-7,9-10,15H,3H2,1-2H3/t9-,10?/m0/s1. The van der Waals surface area contributed by atoms with E-state index in [1.807, 2.05) is 38.1 Å². The molecule has 2 atom stereocenters. The number of nitrogens with zero attached hydrogens (tertiary/aromatic N) is 1. The Bertz CT molecular complexity index is 357. The summed E-state index contributed by atoms with van der Waals surface area (Å²) < 4.78 is 0. The zero-order valence-corrected chi connectivity index (χ0v) is 9.75. The molecule has 0 aliphatic carbocycles. The minimum absolute atomic E-state index is 0.100. The van der Waals surface area contributed by atoms with Crippen molar-refractivity contribution in [3.05, 3.63) is 34.9 Å². The Kier molecular flexibility index (Phi) is 4.61. The van der Waals surface area contributed by atoms with Crippen molar-refractivity contribution < 1.29 is 0 Å². The average molecular weight is 223 g/mol. The molecule has 0 saturated heterocycles. The lowest BCUT2D eigenvalue weighted by Crippen LogP contribution is -2.29. The first-order chi connectivity index (χ1) is 7.19. The van der Waals surface area contributed by atoms with Crippen molar-refractivity contribution in [2.24, 2.45) is 0 Å². The molecule has 80 valence electrons. The fraction of sp³-hybridized carbons (Fsp3) is 0.417. The Morgan fingerprint density at radius 3 is 2.67 bits per heavy atom. The van der Waals surface area contributed by atoms with E-state index in [0.29, 0.717) is 0 Å².